The molecule has 1 atom stereocenters. The first-order valence-electron chi connectivity index (χ1n) is 6.62. The van der Waals surface area contributed by atoms with Crippen molar-refractivity contribution < 1.29 is 4.74 Å². The smallest absolute Gasteiger partial charge is 0.189 e. The Morgan fingerprint density at radius 3 is 3.05 bits per heavy atom. The van der Waals surface area contributed by atoms with Crippen LogP contribution in [0.5, 0.6) is 5.75 Å². The number of hydrogen-bond acceptors (Lipinski definition) is 3. The number of fused-ring (bicyclic) bond motifs is 1. The van der Waals surface area contributed by atoms with Crippen LogP contribution in [0.1, 0.15) is 23.6 Å². The summed E-state index contributed by atoms with van der Waals surface area (Å²) < 4.78 is 5.63. The van der Waals surface area contributed by atoms with Gasteiger partial charge in [-0.1, -0.05) is 18.2 Å². The van der Waals surface area contributed by atoms with Gasteiger partial charge in [0.1, 0.15) is 5.75 Å². The van der Waals surface area contributed by atoms with E-state index in [9.17, 15) is 0 Å². The zero-order chi connectivity index (χ0) is 13.8. The Morgan fingerprint density at radius 2 is 2.24 bits per heavy atom. The van der Waals surface area contributed by atoms with Gasteiger partial charge in [0, 0.05) is 12.0 Å². The number of rotatable bonds is 3. The summed E-state index contributed by atoms with van der Waals surface area (Å²) >= 11 is 1.67. The molecule has 3 rings (SSSR count). The van der Waals surface area contributed by atoms with Crippen LogP contribution in [0, 0.1) is 0 Å². The molecule has 1 aromatic heterocycles. The first-order chi connectivity index (χ1) is 9.83. The van der Waals surface area contributed by atoms with Crippen molar-refractivity contribution in [2.75, 3.05) is 6.61 Å². The SMILES string of the molecule is I.NC(=NCc1ccsc1)NC1CCOc2ccccc21. The zero-order valence-electron chi connectivity index (χ0n) is 11.5. The van der Waals surface area contributed by atoms with E-state index in [0.29, 0.717) is 19.1 Å². The molecule has 21 heavy (non-hydrogen) atoms. The second-order valence-corrected chi connectivity index (χ2v) is 5.48. The minimum Gasteiger partial charge on any atom is -0.493 e. The van der Waals surface area contributed by atoms with E-state index >= 15 is 0 Å². The van der Waals surface area contributed by atoms with Crippen LogP contribution in [-0.2, 0) is 6.54 Å². The van der Waals surface area contributed by atoms with Crippen LogP contribution in [0.2, 0.25) is 0 Å². The van der Waals surface area contributed by atoms with Gasteiger partial charge in [-0.2, -0.15) is 11.3 Å². The normalized spacial score (nSPS) is 17.3. The molecule has 1 aromatic carbocycles. The van der Waals surface area contributed by atoms with Gasteiger partial charge in [-0.25, -0.2) is 4.99 Å². The van der Waals surface area contributed by atoms with Crippen LogP contribution in [0.15, 0.2) is 46.1 Å². The summed E-state index contributed by atoms with van der Waals surface area (Å²) in [5.74, 6) is 1.42. The summed E-state index contributed by atoms with van der Waals surface area (Å²) in [6, 6.07) is 10.3. The Balaban J connectivity index is 0.00000161. The summed E-state index contributed by atoms with van der Waals surface area (Å²) in [5, 5.41) is 7.42. The molecule has 3 N–H and O–H groups in total. The molecule has 1 aliphatic rings. The highest BCUT2D eigenvalue weighted by Gasteiger charge is 2.21. The van der Waals surface area contributed by atoms with Crippen molar-refractivity contribution in [3.8, 4) is 5.75 Å². The van der Waals surface area contributed by atoms with E-state index < -0.39 is 0 Å². The number of benzene rings is 1. The Bertz CT molecular complexity index is 601. The summed E-state index contributed by atoms with van der Waals surface area (Å²) in [6.07, 6.45) is 0.895. The molecule has 0 radical (unpaired) electrons. The Morgan fingerprint density at radius 1 is 1.38 bits per heavy atom. The number of halogens is 1. The second kappa shape index (κ2) is 7.65. The first kappa shape index (κ1) is 16.1. The highest BCUT2D eigenvalue weighted by molar-refractivity contribution is 14.0. The molecule has 6 heteroatoms. The van der Waals surface area contributed by atoms with Crippen LogP contribution in [0.4, 0.5) is 0 Å². The average Bonchev–Trinajstić information content (AvgIpc) is 2.99. The van der Waals surface area contributed by atoms with E-state index in [1.54, 1.807) is 11.3 Å². The number of nitrogens with one attached hydrogen (secondary N) is 1. The van der Waals surface area contributed by atoms with Crippen molar-refractivity contribution in [3.05, 3.63) is 52.2 Å². The topological polar surface area (TPSA) is 59.6 Å². The Kier molecular flexibility index (Phi) is 5.86. The van der Waals surface area contributed by atoms with Gasteiger partial charge >= 0.3 is 0 Å². The number of ether oxygens (including phenoxy) is 1. The van der Waals surface area contributed by atoms with Gasteiger partial charge in [0.25, 0.3) is 0 Å². The summed E-state index contributed by atoms with van der Waals surface area (Å²) in [4.78, 5) is 4.38. The third-order valence-electron chi connectivity index (χ3n) is 3.29. The van der Waals surface area contributed by atoms with Gasteiger partial charge in [-0.3, -0.25) is 0 Å². The maximum Gasteiger partial charge on any atom is 0.189 e. The molecule has 0 saturated heterocycles. The number of para-hydroxylation sites is 1. The quantitative estimate of drug-likeness (QED) is 0.460. The highest BCUT2D eigenvalue weighted by Crippen LogP contribution is 2.31. The van der Waals surface area contributed by atoms with Crippen molar-refractivity contribution in [1.29, 1.82) is 0 Å². The molecular formula is C15H18IN3OS. The predicted molar refractivity (Wildman–Crippen MR) is 97.5 cm³/mol. The molecule has 0 spiro atoms. The monoisotopic (exact) mass is 415 g/mol. The molecular weight excluding hydrogens is 397 g/mol. The molecule has 2 heterocycles. The molecule has 0 amide bonds. The third kappa shape index (κ3) is 4.10. The zero-order valence-corrected chi connectivity index (χ0v) is 14.6. The van der Waals surface area contributed by atoms with E-state index in [2.05, 4.69) is 27.8 Å². The van der Waals surface area contributed by atoms with Gasteiger partial charge in [0.15, 0.2) is 5.96 Å². The van der Waals surface area contributed by atoms with Gasteiger partial charge in [0.05, 0.1) is 19.2 Å². The fourth-order valence-electron chi connectivity index (χ4n) is 2.28. The molecule has 0 fully saturated rings. The minimum atomic E-state index is 0. The van der Waals surface area contributed by atoms with E-state index in [-0.39, 0.29) is 30.0 Å². The molecule has 112 valence electrons. The maximum absolute atomic E-state index is 5.98. The fraction of sp³-hybridized carbons (Fsp3) is 0.267. The lowest BCUT2D eigenvalue weighted by atomic mass is 10.0. The van der Waals surface area contributed by atoms with Gasteiger partial charge in [0.2, 0.25) is 0 Å². The van der Waals surface area contributed by atoms with Crippen LogP contribution in [0.25, 0.3) is 0 Å². The predicted octanol–water partition coefficient (Wildman–Crippen LogP) is 3.29. The molecule has 1 unspecified atom stereocenters. The summed E-state index contributed by atoms with van der Waals surface area (Å²) in [5.41, 5.74) is 8.31. The molecule has 0 aliphatic carbocycles. The number of nitrogens with zero attached hydrogens (tertiary/aromatic N) is 1. The summed E-state index contributed by atoms with van der Waals surface area (Å²) in [6.45, 7) is 1.32. The Labute approximate surface area is 145 Å². The highest BCUT2D eigenvalue weighted by atomic mass is 127. The Hall–Kier alpha value is -1.28. The van der Waals surface area contributed by atoms with Gasteiger partial charge in [-0.05, 0) is 28.5 Å². The number of aliphatic imine (C=N–C) groups is 1. The lowest BCUT2D eigenvalue weighted by Crippen LogP contribution is -2.37. The number of thiophene rings is 1. The lowest BCUT2D eigenvalue weighted by Gasteiger charge is -2.26. The largest absolute Gasteiger partial charge is 0.493 e. The molecule has 2 aromatic rings. The molecule has 0 saturated carbocycles. The van der Waals surface area contributed by atoms with Crippen molar-refractivity contribution in [2.45, 2.75) is 19.0 Å². The van der Waals surface area contributed by atoms with Crippen LogP contribution < -0.4 is 15.8 Å². The number of nitrogens with two attached hydrogens (primary N) is 1. The van der Waals surface area contributed by atoms with Gasteiger partial charge in [-0.15, -0.1) is 24.0 Å². The van der Waals surface area contributed by atoms with E-state index in [1.165, 1.54) is 5.56 Å². The fourth-order valence-corrected chi connectivity index (χ4v) is 2.94. The van der Waals surface area contributed by atoms with Crippen LogP contribution in [-0.4, -0.2) is 12.6 Å². The van der Waals surface area contributed by atoms with Crippen molar-refractivity contribution in [3.63, 3.8) is 0 Å². The minimum absolute atomic E-state index is 0. The standard InChI is InChI=1S/C15H17N3OS.HI/c16-15(17-9-11-6-8-20-10-11)18-13-5-7-19-14-4-2-1-3-12(13)14;/h1-4,6,8,10,13H,5,7,9H2,(H3,16,17,18);1H. The maximum atomic E-state index is 5.98. The van der Waals surface area contributed by atoms with Crippen molar-refractivity contribution in [1.82, 2.24) is 5.32 Å². The third-order valence-corrected chi connectivity index (χ3v) is 4.02. The van der Waals surface area contributed by atoms with Crippen LogP contribution in [0.3, 0.4) is 0 Å². The lowest BCUT2D eigenvalue weighted by molar-refractivity contribution is 0.262. The second-order valence-electron chi connectivity index (χ2n) is 4.70. The average molecular weight is 415 g/mol. The van der Waals surface area contributed by atoms with Crippen LogP contribution >= 0.6 is 35.3 Å². The van der Waals surface area contributed by atoms with Gasteiger partial charge < -0.3 is 15.8 Å². The number of guanidine groups is 1. The molecule has 4 nitrogen and oxygen atoms in total. The molecule has 0 bridgehead atoms. The molecule has 1 aliphatic heterocycles. The van der Waals surface area contributed by atoms with Crippen molar-refractivity contribution in [2.24, 2.45) is 10.7 Å². The van der Waals surface area contributed by atoms with E-state index in [0.717, 1.165) is 17.7 Å². The number of hydrogen-bond donors (Lipinski definition) is 2. The van der Waals surface area contributed by atoms with Crippen molar-refractivity contribution >= 4 is 41.3 Å². The van der Waals surface area contributed by atoms with E-state index in [4.69, 9.17) is 10.5 Å². The van der Waals surface area contributed by atoms with E-state index in [1.807, 2.05) is 23.6 Å². The summed E-state index contributed by atoms with van der Waals surface area (Å²) in [7, 11) is 0. The first-order valence-corrected chi connectivity index (χ1v) is 7.56.